The summed E-state index contributed by atoms with van der Waals surface area (Å²) >= 11 is 0. The van der Waals surface area contributed by atoms with Gasteiger partial charge in [-0.15, -0.1) is 0 Å². The molecule has 3 amide bonds. The summed E-state index contributed by atoms with van der Waals surface area (Å²) in [6.45, 7) is 1.51. The minimum Gasteiger partial charge on any atom is -0.446 e. The molecule has 7 heteroatoms. The van der Waals surface area contributed by atoms with Gasteiger partial charge in [0.15, 0.2) is 0 Å². The molecule has 3 rings (SSSR count). The Morgan fingerprint density at radius 2 is 1.57 bits per heavy atom. The van der Waals surface area contributed by atoms with Gasteiger partial charge in [-0.3, -0.25) is 4.79 Å². The van der Waals surface area contributed by atoms with Crippen molar-refractivity contribution >= 4 is 23.6 Å². The third kappa shape index (κ3) is 5.57. The van der Waals surface area contributed by atoms with Crippen molar-refractivity contribution in [2.45, 2.75) is 38.0 Å². The summed E-state index contributed by atoms with van der Waals surface area (Å²) in [6.07, 6.45) is 0.799. The Labute approximate surface area is 163 Å². The molecular weight excluding hydrogens is 358 g/mol. The van der Waals surface area contributed by atoms with Gasteiger partial charge in [0.1, 0.15) is 6.04 Å². The average molecular weight is 381 g/mol. The SMILES string of the molecule is C[C@H](NC(=O)Nc1ccccc1)C(=O)O[C@H](C(=O)NC1CC1)c1ccccc1. The van der Waals surface area contributed by atoms with Gasteiger partial charge in [0.2, 0.25) is 6.10 Å². The topological polar surface area (TPSA) is 96.5 Å². The first-order chi connectivity index (χ1) is 13.5. The van der Waals surface area contributed by atoms with Crippen LogP contribution in [0.25, 0.3) is 0 Å². The Bertz CT molecular complexity index is 822. The quantitative estimate of drug-likeness (QED) is 0.643. The molecule has 2 aromatic rings. The van der Waals surface area contributed by atoms with Crippen molar-refractivity contribution in [1.82, 2.24) is 10.6 Å². The first-order valence-corrected chi connectivity index (χ1v) is 9.21. The number of benzene rings is 2. The van der Waals surface area contributed by atoms with E-state index in [1.54, 1.807) is 48.5 Å². The molecule has 0 aliphatic heterocycles. The first-order valence-electron chi connectivity index (χ1n) is 9.21. The number of carbonyl (C=O) groups is 3. The van der Waals surface area contributed by atoms with E-state index < -0.39 is 24.1 Å². The predicted octanol–water partition coefficient (Wildman–Crippen LogP) is 2.76. The second-order valence-electron chi connectivity index (χ2n) is 6.70. The highest BCUT2D eigenvalue weighted by Crippen LogP contribution is 2.23. The van der Waals surface area contributed by atoms with Crippen LogP contribution in [-0.2, 0) is 14.3 Å². The van der Waals surface area contributed by atoms with E-state index in [1.807, 2.05) is 12.1 Å². The smallest absolute Gasteiger partial charge is 0.329 e. The number of hydrogen-bond donors (Lipinski definition) is 3. The molecule has 0 unspecified atom stereocenters. The molecule has 2 atom stereocenters. The van der Waals surface area contributed by atoms with Crippen molar-refractivity contribution < 1.29 is 19.1 Å². The second kappa shape index (κ2) is 9.03. The number of hydrogen-bond acceptors (Lipinski definition) is 4. The van der Waals surface area contributed by atoms with E-state index >= 15 is 0 Å². The second-order valence-corrected chi connectivity index (χ2v) is 6.70. The zero-order valence-electron chi connectivity index (χ0n) is 15.6. The standard InChI is InChI=1S/C21H23N3O4/c1-14(22-21(27)24-16-10-6-3-7-11-16)20(26)28-18(15-8-4-2-5-9-15)19(25)23-17-12-13-17/h2-11,14,17-18H,12-13H2,1H3,(H,23,25)(H2,22,24,27)/t14-,18-/m0/s1. The van der Waals surface area contributed by atoms with Crippen LogP contribution >= 0.6 is 0 Å². The molecule has 0 saturated heterocycles. The van der Waals surface area contributed by atoms with Crippen LogP contribution in [0.15, 0.2) is 60.7 Å². The van der Waals surface area contributed by atoms with Gasteiger partial charge >= 0.3 is 12.0 Å². The van der Waals surface area contributed by atoms with Gasteiger partial charge in [0.05, 0.1) is 0 Å². The average Bonchev–Trinajstić information content (AvgIpc) is 3.51. The Kier molecular flexibility index (Phi) is 6.26. The molecule has 28 heavy (non-hydrogen) atoms. The molecule has 0 spiro atoms. The molecular formula is C21H23N3O4. The molecule has 0 radical (unpaired) electrons. The summed E-state index contributed by atoms with van der Waals surface area (Å²) < 4.78 is 5.45. The number of para-hydroxylation sites is 1. The summed E-state index contributed by atoms with van der Waals surface area (Å²) in [5.41, 5.74) is 1.18. The van der Waals surface area contributed by atoms with Crippen molar-refractivity contribution in [1.29, 1.82) is 0 Å². The zero-order chi connectivity index (χ0) is 19.9. The Hall–Kier alpha value is -3.35. The van der Waals surface area contributed by atoms with Gasteiger partial charge in [-0.25, -0.2) is 9.59 Å². The third-order valence-corrected chi connectivity index (χ3v) is 4.23. The number of carbonyl (C=O) groups excluding carboxylic acids is 3. The van der Waals surface area contributed by atoms with Gasteiger partial charge in [-0.05, 0) is 31.9 Å². The lowest BCUT2D eigenvalue weighted by Gasteiger charge is -2.21. The predicted molar refractivity (Wildman–Crippen MR) is 104 cm³/mol. The number of nitrogens with one attached hydrogen (secondary N) is 3. The lowest BCUT2D eigenvalue weighted by Crippen LogP contribution is -2.43. The van der Waals surface area contributed by atoms with E-state index in [0.717, 1.165) is 12.8 Å². The minimum absolute atomic E-state index is 0.143. The Morgan fingerprint density at radius 1 is 0.964 bits per heavy atom. The number of esters is 1. The molecule has 1 saturated carbocycles. The van der Waals surface area contributed by atoms with Crippen molar-refractivity contribution in [3.63, 3.8) is 0 Å². The van der Waals surface area contributed by atoms with Crippen molar-refractivity contribution in [3.8, 4) is 0 Å². The number of ether oxygens (including phenoxy) is 1. The Balaban J connectivity index is 1.60. The van der Waals surface area contributed by atoms with E-state index in [9.17, 15) is 14.4 Å². The lowest BCUT2D eigenvalue weighted by atomic mass is 10.1. The zero-order valence-corrected chi connectivity index (χ0v) is 15.6. The first kappa shape index (κ1) is 19.4. The van der Waals surface area contributed by atoms with Crippen LogP contribution in [0.4, 0.5) is 10.5 Å². The molecule has 146 valence electrons. The summed E-state index contributed by atoms with van der Waals surface area (Å²) in [6, 6.07) is 16.4. The summed E-state index contributed by atoms with van der Waals surface area (Å²) in [4.78, 5) is 37.1. The van der Waals surface area contributed by atoms with E-state index in [4.69, 9.17) is 4.74 Å². The van der Waals surface area contributed by atoms with Crippen LogP contribution in [0, 0.1) is 0 Å². The van der Waals surface area contributed by atoms with Gasteiger partial charge in [-0.2, -0.15) is 0 Å². The molecule has 0 heterocycles. The van der Waals surface area contributed by atoms with Crippen LogP contribution in [0.1, 0.15) is 31.4 Å². The van der Waals surface area contributed by atoms with Crippen molar-refractivity contribution in [2.75, 3.05) is 5.32 Å². The molecule has 1 aliphatic carbocycles. The summed E-state index contributed by atoms with van der Waals surface area (Å²) in [5.74, 6) is -1.05. The number of rotatable bonds is 7. The normalized spacial score (nSPS) is 15.0. The van der Waals surface area contributed by atoms with Crippen LogP contribution in [0.5, 0.6) is 0 Å². The molecule has 2 aromatic carbocycles. The van der Waals surface area contributed by atoms with Gasteiger partial charge in [0, 0.05) is 17.3 Å². The highest BCUT2D eigenvalue weighted by atomic mass is 16.5. The van der Waals surface area contributed by atoms with E-state index in [2.05, 4.69) is 16.0 Å². The number of amides is 3. The minimum atomic E-state index is -1.06. The largest absolute Gasteiger partial charge is 0.446 e. The molecule has 3 N–H and O–H groups in total. The lowest BCUT2D eigenvalue weighted by molar-refractivity contribution is -0.157. The fourth-order valence-corrected chi connectivity index (χ4v) is 2.57. The van der Waals surface area contributed by atoms with Gasteiger partial charge < -0.3 is 20.7 Å². The molecule has 0 aromatic heterocycles. The van der Waals surface area contributed by atoms with Crippen LogP contribution in [-0.4, -0.2) is 30.0 Å². The van der Waals surface area contributed by atoms with Crippen LogP contribution in [0.2, 0.25) is 0 Å². The Morgan fingerprint density at radius 3 is 2.18 bits per heavy atom. The monoisotopic (exact) mass is 381 g/mol. The van der Waals surface area contributed by atoms with E-state index in [1.165, 1.54) is 6.92 Å². The van der Waals surface area contributed by atoms with Crippen molar-refractivity contribution in [3.05, 3.63) is 66.2 Å². The number of urea groups is 1. The summed E-state index contributed by atoms with van der Waals surface area (Å²) in [5, 5.41) is 8.01. The highest BCUT2D eigenvalue weighted by Gasteiger charge is 2.32. The van der Waals surface area contributed by atoms with E-state index in [0.29, 0.717) is 11.3 Å². The van der Waals surface area contributed by atoms with Gasteiger partial charge in [0.25, 0.3) is 5.91 Å². The summed E-state index contributed by atoms with van der Waals surface area (Å²) in [7, 11) is 0. The van der Waals surface area contributed by atoms with Crippen LogP contribution in [0.3, 0.4) is 0 Å². The molecule has 1 aliphatic rings. The maximum atomic E-state index is 12.5. The number of anilines is 1. The van der Waals surface area contributed by atoms with Crippen molar-refractivity contribution in [2.24, 2.45) is 0 Å². The molecule has 0 bridgehead atoms. The highest BCUT2D eigenvalue weighted by molar-refractivity contribution is 5.93. The fraction of sp³-hybridized carbons (Fsp3) is 0.286. The maximum Gasteiger partial charge on any atom is 0.329 e. The third-order valence-electron chi connectivity index (χ3n) is 4.23. The molecule has 7 nitrogen and oxygen atoms in total. The maximum absolute atomic E-state index is 12.5. The van der Waals surface area contributed by atoms with E-state index in [-0.39, 0.29) is 11.9 Å². The fourth-order valence-electron chi connectivity index (χ4n) is 2.57. The van der Waals surface area contributed by atoms with Crippen LogP contribution < -0.4 is 16.0 Å². The van der Waals surface area contributed by atoms with Gasteiger partial charge in [-0.1, -0.05) is 48.5 Å². The molecule has 1 fully saturated rings.